The molecular formula is C16H26ClN3O. The van der Waals surface area contributed by atoms with Crippen LogP contribution in [0.5, 0.6) is 0 Å². The molecule has 0 unspecified atom stereocenters. The number of carbonyl (C=O) groups is 1. The van der Waals surface area contributed by atoms with E-state index in [2.05, 4.69) is 10.2 Å². The number of rotatable bonds is 8. The highest BCUT2D eigenvalue weighted by Crippen LogP contribution is 2.22. The molecule has 0 aliphatic rings. The van der Waals surface area contributed by atoms with Crippen LogP contribution in [0.15, 0.2) is 18.2 Å². The summed E-state index contributed by atoms with van der Waals surface area (Å²) in [6, 6.07) is 5.42. The highest BCUT2D eigenvalue weighted by molar-refractivity contribution is 6.31. The van der Waals surface area contributed by atoms with Crippen molar-refractivity contribution in [1.29, 1.82) is 0 Å². The average molecular weight is 312 g/mol. The highest BCUT2D eigenvalue weighted by Gasteiger charge is 2.17. The van der Waals surface area contributed by atoms with Crippen molar-refractivity contribution in [1.82, 2.24) is 9.80 Å². The van der Waals surface area contributed by atoms with Crippen LogP contribution in [0, 0.1) is 0 Å². The Hall–Kier alpha value is -1.26. The van der Waals surface area contributed by atoms with Gasteiger partial charge < -0.3 is 15.1 Å². The molecule has 0 spiro atoms. The Morgan fingerprint density at radius 3 is 2.52 bits per heavy atom. The summed E-state index contributed by atoms with van der Waals surface area (Å²) in [6.45, 7) is 7.21. The molecule has 0 saturated heterocycles. The summed E-state index contributed by atoms with van der Waals surface area (Å²) < 4.78 is 0. The average Bonchev–Trinajstić information content (AvgIpc) is 2.45. The first-order chi connectivity index (χ1) is 9.99. The van der Waals surface area contributed by atoms with Crippen molar-refractivity contribution in [2.24, 2.45) is 0 Å². The van der Waals surface area contributed by atoms with Gasteiger partial charge in [0.25, 0.3) is 5.91 Å². The van der Waals surface area contributed by atoms with E-state index in [-0.39, 0.29) is 5.91 Å². The molecule has 0 saturated carbocycles. The lowest BCUT2D eigenvalue weighted by atomic mass is 10.1. The van der Waals surface area contributed by atoms with Crippen LogP contribution in [-0.4, -0.2) is 56.0 Å². The topological polar surface area (TPSA) is 35.6 Å². The first-order valence-corrected chi connectivity index (χ1v) is 7.84. The number of hydrogen-bond donors (Lipinski definition) is 1. The molecule has 1 amide bonds. The van der Waals surface area contributed by atoms with E-state index in [1.165, 1.54) is 0 Å². The van der Waals surface area contributed by atoms with Crippen LogP contribution in [0.3, 0.4) is 0 Å². The van der Waals surface area contributed by atoms with Crippen LogP contribution < -0.4 is 5.32 Å². The second-order valence-electron chi connectivity index (χ2n) is 5.26. The molecule has 0 aliphatic heterocycles. The Morgan fingerprint density at radius 2 is 1.95 bits per heavy atom. The van der Waals surface area contributed by atoms with E-state index < -0.39 is 0 Å². The zero-order valence-corrected chi connectivity index (χ0v) is 14.2. The molecule has 0 aliphatic carbocycles. The van der Waals surface area contributed by atoms with Crippen LogP contribution >= 0.6 is 11.6 Å². The summed E-state index contributed by atoms with van der Waals surface area (Å²) in [5.74, 6) is 0.0368. The minimum atomic E-state index is 0.0368. The molecular weight excluding hydrogens is 286 g/mol. The van der Waals surface area contributed by atoms with Gasteiger partial charge in [0, 0.05) is 30.3 Å². The number of benzene rings is 1. The summed E-state index contributed by atoms with van der Waals surface area (Å²) in [5, 5.41) is 3.81. The van der Waals surface area contributed by atoms with Crippen molar-refractivity contribution in [3.8, 4) is 0 Å². The predicted molar refractivity (Wildman–Crippen MR) is 90.4 cm³/mol. The molecule has 5 heteroatoms. The fourth-order valence-electron chi connectivity index (χ4n) is 2.19. The van der Waals surface area contributed by atoms with Crippen molar-refractivity contribution in [3.05, 3.63) is 28.8 Å². The third-order valence-electron chi connectivity index (χ3n) is 3.28. The third-order valence-corrected chi connectivity index (χ3v) is 3.52. The molecule has 0 atom stereocenters. The monoisotopic (exact) mass is 311 g/mol. The van der Waals surface area contributed by atoms with Gasteiger partial charge in [-0.3, -0.25) is 4.79 Å². The maximum absolute atomic E-state index is 12.7. The summed E-state index contributed by atoms with van der Waals surface area (Å²) in [6.07, 6.45) is 0.962. The van der Waals surface area contributed by atoms with E-state index >= 15 is 0 Å². The number of amides is 1. The van der Waals surface area contributed by atoms with E-state index in [1.54, 1.807) is 12.1 Å². The Labute approximate surface area is 133 Å². The molecule has 118 valence electrons. The van der Waals surface area contributed by atoms with E-state index in [9.17, 15) is 4.79 Å². The number of hydrogen-bond acceptors (Lipinski definition) is 3. The van der Waals surface area contributed by atoms with E-state index in [1.807, 2.05) is 38.9 Å². The molecule has 1 rings (SSSR count). The van der Waals surface area contributed by atoms with E-state index in [4.69, 9.17) is 11.6 Å². The van der Waals surface area contributed by atoms with Crippen LogP contribution in [0.1, 0.15) is 30.6 Å². The normalized spacial score (nSPS) is 10.8. The van der Waals surface area contributed by atoms with Crippen LogP contribution in [0.4, 0.5) is 5.69 Å². The fourth-order valence-corrected chi connectivity index (χ4v) is 2.36. The van der Waals surface area contributed by atoms with Gasteiger partial charge in [-0.25, -0.2) is 0 Å². The first-order valence-electron chi connectivity index (χ1n) is 7.47. The molecule has 0 radical (unpaired) electrons. The number of nitrogens with zero attached hydrogens (tertiary/aromatic N) is 2. The van der Waals surface area contributed by atoms with Crippen molar-refractivity contribution in [3.63, 3.8) is 0 Å². The molecule has 0 bridgehead atoms. The van der Waals surface area contributed by atoms with Crippen LogP contribution in [-0.2, 0) is 0 Å². The molecule has 1 aromatic carbocycles. The maximum Gasteiger partial charge on any atom is 0.255 e. The lowest BCUT2D eigenvalue weighted by Crippen LogP contribution is -2.33. The van der Waals surface area contributed by atoms with Gasteiger partial charge in [0.05, 0.1) is 5.56 Å². The zero-order valence-electron chi connectivity index (χ0n) is 13.4. The SMILES string of the molecule is CCNc1ccc(Cl)cc1C(=O)N(CC)CCCN(C)C. The Morgan fingerprint density at radius 1 is 1.24 bits per heavy atom. The molecule has 0 aromatic heterocycles. The van der Waals surface area contributed by atoms with Gasteiger partial charge in [-0.1, -0.05) is 11.6 Å². The number of halogens is 1. The summed E-state index contributed by atoms with van der Waals surface area (Å²) in [5.41, 5.74) is 1.49. The van der Waals surface area contributed by atoms with Crippen molar-refractivity contribution in [2.75, 3.05) is 45.6 Å². The van der Waals surface area contributed by atoms with Crippen molar-refractivity contribution >= 4 is 23.2 Å². The minimum Gasteiger partial charge on any atom is -0.385 e. The van der Waals surface area contributed by atoms with E-state index in [0.29, 0.717) is 17.1 Å². The zero-order chi connectivity index (χ0) is 15.8. The number of anilines is 1. The van der Waals surface area contributed by atoms with Gasteiger partial charge in [0.15, 0.2) is 0 Å². The molecule has 1 N–H and O–H groups in total. The largest absolute Gasteiger partial charge is 0.385 e. The quantitative estimate of drug-likeness (QED) is 0.801. The summed E-state index contributed by atoms with van der Waals surface area (Å²) in [7, 11) is 4.08. The fraction of sp³-hybridized carbons (Fsp3) is 0.562. The Kier molecular flexibility index (Phi) is 7.54. The maximum atomic E-state index is 12.7. The van der Waals surface area contributed by atoms with Crippen LogP contribution in [0.25, 0.3) is 0 Å². The van der Waals surface area contributed by atoms with Gasteiger partial charge in [0.1, 0.15) is 0 Å². The predicted octanol–water partition coefficient (Wildman–Crippen LogP) is 3.19. The van der Waals surface area contributed by atoms with Gasteiger partial charge in [-0.15, -0.1) is 0 Å². The lowest BCUT2D eigenvalue weighted by molar-refractivity contribution is 0.0760. The lowest BCUT2D eigenvalue weighted by Gasteiger charge is -2.23. The van der Waals surface area contributed by atoms with Gasteiger partial charge in [-0.2, -0.15) is 0 Å². The smallest absolute Gasteiger partial charge is 0.255 e. The Bertz CT molecular complexity index is 463. The van der Waals surface area contributed by atoms with Gasteiger partial charge in [0.2, 0.25) is 0 Å². The second-order valence-corrected chi connectivity index (χ2v) is 5.70. The standard InChI is InChI=1S/C16H26ClN3O/c1-5-18-15-9-8-13(17)12-14(15)16(21)20(6-2)11-7-10-19(3)4/h8-9,12,18H,5-7,10-11H2,1-4H3. The number of carbonyl (C=O) groups excluding carboxylic acids is 1. The van der Waals surface area contributed by atoms with E-state index in [0.717, 1.165) is 31.7 Å². The summed E-state index contributed by atoms with van der Waals surface area (Å²) >= 11 is 6.05. The van der Waals surface area contributed by atoms with Gasteiger partial charge in [-0.05, 0) is 59.1 Å². The molecule has 0 fully saturated rings. The van der Waals surface area contributed by atoms with Gasteiger partial charge >= 0.3 is 0 Å². The summed E-state index contributed by atoms with van der Waals surface area (Å²) in [4.78, 5) is 16.7. The first kappa shape index (κ1) is 17.8. The molecule has 0 heterocycles. The van der Waals surface area contributed by atoms with Crippen molar-refractivity contribution in [2.45, 2.75) is 20.3 Å². The molecule has 4 nitrogen and oxygen atoms in total. The molecule has 21 heavy (non-hydrogen) atoms. The third kappa shape index (κ3) is 5.56. The second kappa shape index (κ2) is 8.90. The van der Waals surface area contributed by atoms with Crippen molar-refractivity contribution < 1.29 is 4.79 Å². The number of nitrogens with one attached hydrogen (secondary N) is 1. The van der Waals surface area contributed by atoms with Crippen LogP contribution in [0.2, 0.25) is 5.02 Å². The molecule has 1 aromatic rings. The Balaban J connectivity index is 2.85. The minimum absolute atomic E-state index is 0.0368. The highest BCUT2D eigenvalue weighted by atomic mass is 35.5.